The van der Waals surface area contributed by atoms with Gasteiger partial charge in [0.05, 0.1) is 6.21 Å². The summed E-state index contributed by atoms with van der Waals surface area (Å²) in [5.41, 5.74) is 3.55. The van der Waals surface area contributed by atoms with Gasteiger partial charge in [0.2, 0.25) is 0 Å². The summed E-state index contributed by atoms with van der Waals surface area (Å²) in [6.07, 6.45) is 1.52. The van der Waals surface area contributed by atoms with E-state index in [1.165, 1.54) is 18.3 Å². The van der Waals surface area contributed by atoms with Crippen LogP contribution in [0.15, 0.2) is 39.9 Å². The number of hydrogen-bond acceptors (Lipinski definition) is 4. The highest BCUT2D eigenvalue weighted by Gasteiger charge is 2.05. The van der Waals surface area contributed by atoms with E-state index in [0.717, 1.165) is 17.1 Å². The SMILES string of the molecule is Cc1cc(/C=N\NC(=O)c2cccc(O)c2)c(C)o1. The zero-order valence-corrected chi connectivity index (χ0v) is 10.7. The lowest BCUT2D eigenvalue weighted by atomic mass is 10.2. The van der Waals surface area contributed by atoms with Crippen LogP contribution in [-0.4, -0.2) is 17.2 Å². The molecule has 0 atom stereocenters. The monoisotopic (exact) mass is 258 g/mol. The van der Waals surface area contributed by atoms with Gasteiger partial charge in [0, 0.05) is 11.1 Å². The van der Waals surface area contributed by atoms with Gasteiger partial charge in [-0.3, -0.25) is 4.79 Å². The summed E-state index contributed by atoms with van der Waals surface area (Å²) < 4.78 is 5.34. The summed E-state index contributed by atoms with van der Waals surface area (Å²) in [5, 5.41) is 13.1. The van der Waals surface area contributed by atoms with E-state index in [1.807, 2.05) is 19.9 Å². The molecule has 5 nitrogen and oxygen atoms in total. The van der Waals surface area contributed by atoms with Crippen molar-refractivity contribution in [3.8, 4) is 5.75 Å². The Balaban J connectivity index is 2.03. The fourth-order valence-electron chi connectivity index (χ4n) is 1.65. The fraction of sp³-hybridized carbons (Fsp3) is 0.143. The molecule has 0 unspecified atom stereocenters. The van der Waals surface area contributed by atoms with Gasteiger partial charge in [0.25, 0.3) is 5.91 Å². The third-order valence-corrected chi connectivity index (χ3v) is 2.56. The predicted molar refractivity (Wildman–Crippen MR) is 71.3 cm³/mol. The molecule has 0 bridgehead atoms. The van der Waals surface area contributed by atoms with Crippen LogP contribution in [0, 0.1) is 13.8 Å². The topological polar surface area (TPSA) is 74.8 Å². The Morgan fingerprint density at radius 3 is 2.79 bits per heavy atom. The minimum Gasteiger partial charge on any atom is -0.508 e. The van der Waals surface area contributed by atoms with Gasteiger partial charge in [-0.05, 0) is 38.1 Å². The highest BCUT2D eigenvalue weighted by molar-refractivity contribution is 5.95. The molecular formula is C14H14N2O3. The van der Waals surface area contributed by atoms with Crippen LogP contribution in [0.25, 0.3) is 0 Å². The van der Waals surface area contributed by atoms with Crippen molar-refractivity contribution >= 4 is 12.1 Å². The zero-order valence-electron chi connectivity index (χ0n) is 10.7. The van der Waals surface area contributed by atoms with Crippen molar-refractivity contribution < 1.29 is 14.3 Å². The molecular weight excluding hydrogens is 244 g/mol. The van der Waals surface area contributed by atoms with Crippen LogP contribution in [0.4, 0.5) is 0 Å². The van der Waals surface area contributed by atoms with Gasteiger partial charge >= 0.3 is 0 Å². The lowest BCUT2D eigenvalue weighted by Gasteiger charge is -1.99. The van der Waals surface area contributed by atoms with Crippen LogP contribution in [-0.2, 0) is 0 Å². The molecule has 98 valence electrons. The van der Waals surface area contributed by atoms with E-state index >= 15 is 0 Å². The Hall–Kier alpha value is -2.56. The molecule has 0 aliphatic carbocycles. The number of amides is 1. The number of carbonyl (C=O) groups is 1. The number of nitrogens with zero attached hydrogens (tertiary/aromatic N) is 1. The second kappa shape index (κ2) is 5.39. The molecule has 2 N–H and O–H groups in total. The lowest BCUT2D eigenvalue weighted by Crippen LogP contribution is -2.17. The number of aromatic hydroxyl groups is 1. The molecule has 1 aromatic heterocycles. The molecule has 1 amide bonds. The van der Waals surface area contributed by atoms with Gasteiger partial charge in [-0.25, -0.2) is 5.43 Å². The second-order valence-electron chi connectivity index (χ2n) is 4.12. The van der Waals surface area contributed by atoms with Crippen LogP contribution in [0.2, 0.25) is 0 Å². The number of hydrogen-bond donors (Lipinski definition) is 2. The first-order valence-corrected chi connectivity index (χ1v) is 5.76. The Kier molecular flexibility index (Phi) is 3.66. The van der Waals surface area contributed by atoms with Crippen LogP contribution in [0.1, 0.15) is 27.4 Å². The molecule has 2 rings (SSSR count). The van der Waals surface area contributed by atoms with Crippen molar-refractivity contribution in [2.45, 2.75) is 13.8 Å². The Labute approximate surface area is 110 Å². The van der Waals surface area contributed by atoms with Gasteiger partial charge in [-0.1, -0.05) is 6.07 Å². The molecule has 1 aromatic carbocycles. The standard InChI is InChI=1S/C14H14N2O3/c1-9-6-12(10(2)19-9)8-15-16-14(18)11-4-3-5-13(17)7-11/h3-8,17H,1-2H3,(H,16,18)/b15-8-. The van der Waals surface area contributed by atoms with Gasteiger partial charge in [-0.15, -0.1) is 0 Å². The molecule has 0 saturated carbocycles. The van der Waals surface area contributed by atoms with E-state index in [0.29, 0.717) is 5.56 Å². The molecule has 0 radical (unpaired) electrons. The maximum atomic E-state index is 11.7. The van der Waals surface area contributed by atoms with Crippen molar-refractivity contribution in [1.82, 2.24) is 5.43 Å². The average molecular weight is 258 g/mol. The van der Waals surface area contributed by atoms with Crippen LogP contribution >= 0.6 is 0 Å². The number of phenols is 1. The quantitative estimate of drug-likeness (QED) is 0.655. The van der Waals surface area contributed by atoms with Crippen LogP contribution in [0.5, 0.6) is 5.75 Å². The van der Waals surface area contributed by atoms with Gasteiger partial charge in [-0.2, -0.15) is 5.10 Å². The predicted octanol–water partition coefficient (Wildman–Crippen LogP) is 2.37. The van der Waals surface area contributed by atoms with Crippen molar-refractivity contribution in [3.63, 3.8) is 0 Å². The summed E-state index contributed by atoms with van der Waals surface area (Å²) in [7, 11) is 0. The van der Waals surface area contributed by atoms with E-state index in [4.69, 9.17) is 4.42 Å². The van der Waals surface area contributed by atoms with E-state index in [-0.39, 0.29) is 11.7 Å². The normalized spacial score (nSPS) is 10.8. The summed E-state index contributed by atoms with van der Waals surface area (Å²) in [6, 6.07) is 7.89. The van der Waals surface area contributed by atoms with Gasteiger partial charge in [0.15, 0.2) is 0 Å². The van der Waals surface area contributed by atoms with Crippen LogP contribution in [0.3, 0.4) is 0 Å². The number of carbonyl (C=O) groups excluding carboxylic acids is 1. The third kappa shape index (κ3) is 3.22. The third-order valence-electron chi connectivity index (χ3n) is 2.56. The molecule has 0 aliphatic heterocycles. The molecule has 0 fully saturated rings. The summed E-state index contributed by atoms with van der Waals surface area (Å²) in [5.74, 6) is 1.19. The highest BCUT2D eigenvalue weighted by atomic mass is 16.3. The lowest BCUT2D eigenvalue weighted by molar-refractivity contribution is 0.0954. The number of benzene rings is 1. The number of aryl methyl sites for hydroxylation is 2. The van der Waals surface area contributed by atoms with E-state index in [1.54, 1.807) is 12.1 Å². The number of hydrazone groups is 1. The van der Waals surface area contributed by atoms with Crippen molar-refractivity contribution in [2.24, 2.45) is 5.10 Å². The molecule has 2 aromatic rings. The van der Waals surface area contributed by atoms with Crippen molar-refractivity contribution in [3.05, 3.63) is 53.0 Å². The maximum Gasteiger partial charge on any atom is 0.271 e. The molecule has 0 spiro atoms. The van der Waals surface area contributed by atoms with Crippen molar-refractivity contribution in [1.29, 1.82) is 0 Å². The highest BCUT2D eigenvalue weighted by Crippen LogP contribution is 2.12. The largest absolute Gasteiger partial charge is 0.508 e. The number of phenolic OH excluding ortho intramolecular Hbond substituents is 1. The van der Waals surface area contributed by atoms with Crippen LogP contribution < -0.4 is 5.43 Å². The minimum atomic E-state index is -0.384. The maximum absolute atomic E-state index is 11.7. The molecule has 19 heavy (non-hydrogen) atoms. The average Bonchev–Trinajstić information content (AvgIpc) is 2.68. The summed E-state index contributed by atoms with van der Waals surface area (Å²) >= 11 is 0. The number of furan rings is 1. The van der Waals surface area contributed by atoms with E-state index in [9.17, 15) is 9.90 Å². The Bertz CT molecular complexity index is 629. The minimum absolute atomic E-state index is 0.0398. The summed E-state index contributed by atoms with van der Waals surface area (Å²) in [6.45, 7) is 3.67. The molecule has 0 saturated heterocycles. The fourth-order valence-corrected chi connectivity index (χ4v) is 1.65. The zero-order chi connectivity index (χ0) is 13.8. The first kappa shape index (κ1) is 12.9. The smallest absolute Gasteiger partial charge is 0.271 e. The first-order valence-electron chi connectivity index (χ1n) is 5.76. The second-order valence-corrected chi connectivity index (χ2v) is 4.12. The van der Waals surface area contributed by atoms with Crippen molar-refractivity contribution in [2.75, 3.05) is 0 Å². The molecule has 5 heteroatoms. The molecule has 0 aliphatic rings. The van der Waals surface area contributed by atoms with Gasteiger partial charge < -0.3 is 9.52 Å². The van der Waals surface area contributed by atoms with E-state index in [2.05, 4.69) is 10.5 Å². The first-order chi connectivity index (χ1) is 9.06. The summed E-state index contributed by atoms with van der Waals surface area (Å²) in [4.78, 5) is 11.7. The van der Waals surface area contributed by atoms with Gasteiger partial charge in [0.1, 0.15) is 17.3 Å². The molecule has 1 heterocycles. The number of rotatable bonds is 3. The Morgan fingerprint density at radius 1 is 1.37 bits per heavy atom. The van der Waals surface area contributed by atoms with E-state index < -0.39 is 0 Å². The number of nitrogens with one attached hydrogen (secondary N) is 1. The Morgan fingerprint density at radius 2 is 2.16 bits per heavy atom.